The zero-order chi connectivity index (χ0) is 15.4. The van der Waals surface area contributed by atoms with Crippen molar-refractivity contribution in [1.82, 2.24) is 15.5 Å². The van der Waals surface area contributed by atoms with Crippen molar-refractivity contribution in [1.29, 1.82) is 0 Å². The van der Waals surface area contributed by atoms with E-state index in [1.54, 1.807) is 24.3 Å². The van der Waals surface area contributed by atoms with Crippen molar-refractivity contribution in [2.45, 2.75) is 13.5 Å². The number of ether oxygens (including phenoxy) is 1. The molecule has 3 rings (SSSR count). The van der Waals surface area contributed by atoms with E-state index in [-0.39, 0.29) is 24.9 Å². The molecule has 0 saturated carbocycles. The molecule has 1 amide bonds. The summed E-state index contributed by atoms with van der Waals surface area (Å²) in [4.78, 5) is 16.9. The summed E-state index contributed by atoms with van der Waals surface area (Å²) < 4.78 is 15.4. The minimum absolute atomic E-state index is 0.137. The highest BCUT2D eigenvalue weighted by atomic mass is 32.1. The Bertz CT molecular complexity index is 748. The van der Waals surface area contributed by atoms with E-state index in [0.717, 1.165) is 4.88 Å². The van der Waals surface area contributed by atoms with E-state index in [1.807, 2.05) is 17.5 Å². The highest BCUT2D eigenvalue weighted by Crippen LogP contribution is 2.23. The van der Waals surface area contributed by atoms with Crippen LogP contribution in [0, 0.1) is 6.92 Å². The van der Waals surface area contributed by atoms with Crippen LogP contribution in [0.4, 0.5) is 0 Å². The minimum Gasteiger partial charge on any atom is -0.465 e. The Balaban J connectivity index is 1.47. The number of thiophene rings is 1. The maximum atomic E-state index is 11.7. The van der Waals surface area contributed by atoms with Gasteiger partial charge in [0.25, 0.3) is 11.8 Å². The van der Waals surface area contributed by atoms with Crippen LogP contribution in [-0.4, -0.2) is 22.7 Å². The third kappa shape index (κ3) is 3.53. The molecule has 0 radical (unpaired) electrons. The van der Waals surface area contributed by atoms with Crippen LogP contribution in [-0.2, 0) is 11.3 Å². The summed E-state index contributed by atoms with van der Waals surface area (Å²) in [7, 11) is 0. The van der Waals surface area contributed by atoms with Crippen LogP contribution in [0.3, 0.4) is 0 Å². The summed E-state index contributed by atoms with van der Waals surface area (Å²) in [6.07, 6.45) is 1.52. The van der Waals surface area contributed by atoms with E-state index in [0.29, 0.717) is 17.3 Å². The van der Waals surface area contributed by atoms with Gasteiger partial charge in [0, 0.05) is 6.07 Å². The van der Waals surface area contributed by atoms with Gasteiger partial charge in [0.05, 0.1) is 17.1 Å². The van der Waals surface area contributed by atoms with Crippen molar-refractivity contribution in [3.8, 4) is 16.6 Å². The summed E-state index contributed by atoms with van der Waals surface area (Å²) in [5, 5.41) is 8.28. The molecule has 114 valence electrons. The van der Waals surface area contributed by atoms with E-state index in [1.165, 1.54) is 6.26 Å². The van der Waals surface area contributed by atoms with Gasteiger partial charge in [-0.15, -0.1) is 11.3 Å². The molecule has 0 bridgehead atoms. The third-order valence-electron chi connectivity index (χ3n) is 2.71. The van der Waals surface area contributed by atoms with Crippen molar-refractivity contribution in [3.63, 3.8) is 0 Å². The normalized spacial score (nSPS) is 10.6. The number of hydrogen-bond acceptors (Lipinski definition) is 7. The van der Waals surface area contributed by atoms with E-state index in [4.69, 9.17) is 13.7 Å². The zero-order valence-electron chi connectivity index (χ0n) is 11.7. The number of rotatable bonds is 6. The molecule has 0 aliphatic heterocycles. The Morgan fingerprint density at radius 3 is 3.14 bits per heavy atom. The minimum atomic E-state index is -0.277. The standard InChI is InChI=1S/C14H13N3O4S/c1-9-5-13(17-21-9)19-8-12(18)15-6-10-7-20-14(16-10)11-3-2-4-22-11/h2-5,7H,6,8H2,1H3,(H,15,18). The number of hydrogen-bond donors (Lipinski definition) is 1. The van der Waals surface area contributed by atoms with Crippen molar-refractivity contribution in [2.24, 2.45) is 0 Å². The van der Waals surface area contributed by atoms with Crippen LogP contribution in [0.15, 0.2) is 38.8 Å². The molecule has 0 aromatic carbocycles. The van der Waals surface area contributed by atoms with Gasteiger partial charge in [-0.05, 0) is 23.5 Å². The molecule has 8 heteroatoms. The molecule has 0 fully saturated rings. The van der Waals surface area contributed by atoms with Crippen LogP contribution in [0.1, 0.15) is 11.5 Å². The number of aromatic nitrogens is 2. The van der Waals surface area contributed by atoms with Crippen LogP contribution in [0.2, 0.25) is 0 Å². The Morgan fingerprint density at radius 2 is 2.41 bits per heavy atom. The number of carbonyl (C=O) groups is 1. The Morgan fingerprint density at radius 1 is 1.50 bits per heavy atom. The van der Waals surface area contributed by atoms with E-state index in [9.17, 15) is 4.79 Å². The number of oxazole rings is 1. The number of carbonyl (C=O) groups excluding carboxylic acids is 1. The van der Waals surface area contributed by atoms with Gasteiger partial charge in [-0.1, -0.05) is 6.07 Å². The summed E-state index contributed by atoms with van der Waals surface area (Å²) >= 11 is 1.54. The van der Waals surface area contributed by atoms with Gasteiger partial charge in [0.1, 0.15) is 12.0 Å². The topological polar surface area (TPSA) is 90.4 Å². The highest BCUT2D eigenvalue weighted by Gasteiger charge is 2.10. The van der Waals surface area contributed by atoms with Gasteiger partial charge in [-0.25, -0.2) is 4.98 Å². The second-order valence-corrected chi connectivity index (χ2v) is 5.41. The lowest BCUT2D eigenvalue weighted by Crippen LogP contribution is -2.28. The van der Waals surface area contributed by atoms with Gasteiger partial charge >= 0.3 is 0 Å². The van der Waals surface area contributed by atoms with E-state index >= 15 is 0 Å². The first-order chi connectivity index (χ1) is 10.7. The van der Waals surface area contributed by atoms with E-state index < -0.39 is 0 Å². The lowest BCUT2D eigenvalue weighted by atomic mass is 10.4. The maximum absolute atomic E-state index is 11.7. The molecular formula is C14H13N3O4S. The number of aryl methyl sites for hydroxylation is 1. The molecule has 3 heterocycles. The predicted molar refractivity (Wildman–Crippen MR) is 78.4 cm³/mol. The lowest BCUT2D eigenvalue weighted by molar-refractivity contribution is -0.123. The predicted octanol–water partition coefficient (Wildman–Crippen LogP) is 2.39. The molecule has 0 atom stereocenters. The third-order valence-corrected chi connectivity index (χ3v) is 3.57. The molecule has 0 aliphatic carbocycles. The molecule has 7 nitrogen and oxygen atoms in total. The molecule has 22 heavy (non-hydrogen) atoms. The average molecular weight is 319 g/mol. The molecule has 3 aromatic rings. The first-order valence-corrected chi connectivity index (χ1v) is 7.40. The zero-order valence-corrected chi connectivity index (χ0v) is 12.6. The summed E-state index contributed by atoms with van der Waals surface area (Å²) in [6.45, 7) is 1.88. The first-order valence-electron chi connectivity index (χ1n) is 6.52. The molecule has 0 spiro atoms. The SMILES string of the molecule is Cc1cc(OCC(=O)NCc2coc(-c3cccs3)n2)no1. The smallest absolute Gasteiger partial charge is 0.258 e. The van der Waals surface area contributed by atoms with Gasteiger partial charge in [0.2, 0.25) is 5.89 Å². The van der Waals surface area contributed by atoms with Crippen molar-refractivity contribution < 1.29 is 18.5 Å². The van der Waals surface area contributed by atoms with Crippen molar-refractivity contribution in [3.05, 3.63) is 41.3 Å². The van der Waals surface area contributed by atoms with Crippen LogP contribution in [0.25, 0.3) is 10.8 Å². The fraction of sp³-hybridized carbons (Fsp3) is 0.214. The fourth-order valence-corrected chi connectivity index (χ4v) is 2.35. The molecule has 3 aromatic heterocycles. The molecule has 0 unspecified atom stereocenters. The maximum Gasteiger partial charge on any atom is 0.258 e. The molecule has 0 saturated heterocycles. The Kier molecular flexibility index (Phi) is 4.19. The van der Waals surface area contributed by atoms with Gasteiger partial charge in [0.15, 0.2) is 6.61 Å². The van der Waals surface area contributed by atoms with Crippen molar-refractivity contribution >= 4 is 17.2 Å². The van der Waals surface area contributed by atoms with Crippen LogP contribution >= 0.6 is 11.3 Å². The monoisotopic (exact) mass is 319 g/mol. The van der Waals surface area contributed by atoms with Crippen molar-refractivity contribution in [2.75, 3.05) is 6.61 Å². The average Bonchev–Trinajstić information content (AvgIpc) is 3.23. The number of nitrogens with one attached hydrogen (secondary N) is 1. The number of amides is 1. The van der Waals surface area contributed by atoms with Crippen LogP contribution in [0.5, 0.6) is 5.88 Å². The number of nitrogens with zero attached hydrogens (tertiary/aromatic N) is 2. The quantitative estimate of drug-likeness (QED) is 0.750. The summed E-state index contributed by atoms with van der Waals surface area (Å²) in [5.74, 6) is 1.18. The lowest BCUT2D eigenvalue weighted by Gasteiger charge is -2.02. The Hall–Kier alpha value is -2.61. The second-order valence-electron chi connectivity index (χ2n) is 4.46. The van der Waals surface area contributed by atoms with Gasteiger partial charge in [-0.2, -0.15) is 0 Å². The van der Waals surface area contributed by atoms with Gasteiger partial charge in [-0.3, -0.25) is 4.79 Å². The highest BCUT2D eigenvalue weighted by molar-refractivity contribution is 7.13. The Labute approximate surface area is 129 Å². The molecular weight excluding hydrogens is 306 g/mol. The fourth-order valence-electron chi connectivity index (χ4n) is 1.69. The van der Waals surface area contributed by atoms with E-state index in [2.05, 4.69) is 15.5 Å². The summed E-state index contributed by atoms with van der Waals surface area (Å²) in [6, 6.07) is 5.46. The van der Waals surface area contributed by atoms with Crippen LogP contribution < -0.4 is 10.1 Å². The second kappa shape index (κ2) is 6.44. The van der Waals surface area contributed by atoms with Gasteiger partial charge < -0.3 is 19.0 Å². The first kappa shape index (κ1) is 14.3. The largest absolute Gasteiger partial charge is 0.465 e. The summed E-state index contributed by atoms with van der Waals surface area (Å²) in [5.41, 5.74) is 0.647. The molecule has 1 N–H and O–H groups in total. The molecule has 0 aliphatic rings.